The smallest absolute Gasteiger partial charge is 0.265 e. The topological polar surface area (TPSA) is 42.0 Å². The standard InChI is InChI=1S/C18H20N2O3/c21-18-19(22-14-16-8-3-1-4-9-16)12-7-13-20(18)23-15-17-10-5-2-6-11-17/h1-6,8-11H,7,12-15H2. The Morgan fingerprint density at radius 2 is 1.17 bits per heavy atom. The minimum absolute atomic E-state index is 0.247. The molecule has 120 valence electrons. The van der Waals surface area contributed by atoms with Crippen molar-refractivity contribution in [3.8, 4) is 0 Å². The normalized spacial score (nSPS) is 15.0. The van der Waals surface area contributed by atoms with Gasteiger partial charge in [0.1, 0.15) is 13.2 Å². The van der Waals surface area contributed by atoms with E-state index in [4.69, 9.17) is 9.68 Å². The van der Waals surface area contributed by atoms with E-state index in [2.05, 4.69) is 0 Å². The number of nitrogens with zero attached hydrogens (tertiary/aromatic N) is 2. The molecule has 0 N–H and O–H groups in total. The van der Waals surface area contributed by atoms with Gasteiger partial charge in [0.15, 0.2) is 0 Å². The third-order valence-electron chi connectivity index (χ3n) is 3.61. The minimum Gasteiger partial charge on any atom is -0.265 e. The molecule has 0 bridgehead atoms. The highest BCUT2D eigenvalue weighted by atomic mass is 16.7. The fraction of sp³-hybridized carbons (Fsp3) is 0.278. The number of rotatable bonds is 6. The van der Waals surface area contributed by atoms with E-state index in [1.807, 2.05) is 60.7 Å². The third kappa shape index (κ3) is 4.31. The van der Waals surface area contributed by atoms with Gasteiger partial charge in [-0.25, -0.2) is 14.9 Å². The Kier molecular flexibility index (Phi) is 5.24. The predicted octanol–water partition coefficient (Wildman–Crippen LogP) is 3.38. The number of hydrogen-bond acceptors (Lipinski definition) is 3. The van der Waals surface area contributed by atoms with Gasteiger partial charge < -0.3 is 0 Å². The molecule has 1 aliphatic rings. The summed E-state index contributed by atoms with van der Waals surface area (Å²) in [5.74, 6) is 0. The molecule has 1 aliphatic heterocycles. The average molecular weight is 312 g/mol. The van der Waals surface area contributed by atoms with Gasteiger partial charge in [0.25, 0.3) is 0 Å². The number of hydroxylamine groups is 4. The van der Waals surface area contributed by atoms with E-state index in [1.165, 1.54) is 10.1 Å². The highest BCUT2D eigenvalue weighted by molar-refractivity contribution is 5.72. The van der Waals surface area contributed by atoms with Crippen LogP contribution in [-0.2, 0) is 22.9 Å². The fourth-order valence-electron chi connectivity index (χ4n) is 2.37. The summed E-state index contributed by atoms with van der Waals surface area (Å²) in [6.07, 6.45) is 0.815. The van der Waals surface area contributed by atoms with Gasteiger partial charge in [0.05, 0.1) is 13.1 Å². The first-order valence-corrected chi connectivity index (χ1v) is 7.75. The van der Waals surface area contributed by atoms with Crippen LogP contribution >= 0.6 is 0 Å². The highest BCUT2D eigenvalue weighted by Gasteiger charge is 2.27. The summed E-state index contributed by atoms with van der Waals surface area (Å²) in [6, 6.07) is 19.3. The molecule has 3 rings (SSSR count). The van der Waals surface area contributed by atoms with Crippen molar-refractivity contribution in [2.24, 2.45) is 0 Å². The third-order valence-corrected chi connectivity index (χ3v) is 3.61. The van der Waals surface area contributed by atoms with E-state index >= 15 is 0 Å². The van der Waals surface area contributed by atoms with E-state index < -0.39 is 0 Å². The molecule has 1 fully saturated rings. The second-order valence-corrected chi connectivity index (χ2v) is 5.36. The quantitative estimate of drug-likeness (QED) is 0.821. The Morgan fingerprint density at radius 1 is 0.739 bits per heavy atom. The molecule has 0 spiro atoms. The van der Waals surface area contributed by atoms with Crippen LogP contribution in [0, 0.1) is 0 Å². The molecule has 2 amide bonds. The van der Waals surface area contributed by atoms with Crippen molar-refractivity contribution in [3.63, 3.8) is 0 Å². The van der Waals surface area contributed by atoms with Crippen molar-refractivity contribution in [2.45, 2.75) is 19.6 Å². The number of carbonyl (C=O) groups is 1. The van der Waals surface area contributed by atoms with Crippen LogP contribution in [0.15, 0.2) is 60.7 Å². The number of amides is 2. The maximum absolute atomic E-state index is 12.4. The van der Waals surface area contributed by atoms with Crippen LogP contribution in [0.2, 0.25) is 0 Å². The van der Waals surface area contributed by atoms with Gasteiger partial charge in [-0.1, -0.05) is 60.7 Å². The van der Waals surface area contributed by atoms with Crippen LogP contribution in [0.25, 0.3) is 0 Å². The summed E-state index contributed by atoms with van der Waals surface area (Å²) in [4.78, 5) is 23.6. The zero-order valence-corrected chi connectivity index (χ0v) is 12.9. The molecular formula is C18H20N2O3. The predicted molar refractivity (Wildman–Crippen MR) is 85.9 cm³/mol. The molecule has 0 radical (unpaired) electrons. The van der Waals surface area contributed by atoms with Gasteiger partial charge in [-0.3, -0.25) is 9.68 Å². The van der Waals surface area contributed by atoms with Crippen LogP contribution in [-0.4, -0.2) is 29.2 Å². The van der Waals surface area contributed by atoms with Crippen molar-refractivity contribution in [3.05, 3.63) is 71.8 Å². The maximum atomic E-state index is 12.4. The first-order chi connectivity index (χ1) is 11.3. The first kappa shape index (κ1) is 15.5. The van der Waals surface area contributed by atoms with Gasteiger partial charge in [-0.15, -0.1) is 0 Å². The number of hydrogen-bond donors (Lipinski definition) is 0. The van der Waals surface area contributed by atoms with E-state index in [1.54, 1.807) is 0 Å². The van der Waals surface area contributed by atoms with Crippen LogP contribution in [0.5, 0.6) is 0 Å². The number of benzene rings is 2. The van der Waals surface area contributed by atoms with Gasteiger partial charge >= 0.3 is 6.03 Å². The number of urea groups is 1. The van der Waals surface area contributed by atoms with Crippen LogP contribution in [0.3, 0.4) is 0 Å². The molecule has 0 aliphatic carbocycles. The van der Waals surface area contributed by atoms with Gasteiger partial charge in [-0.05, 0) is 17.5 Å². The van der Waals surface area contributed by atoms with Gasteiger partial charge in [-0.2, -0.15) is 0 Å². The molecule has 0 saturated carbocycles. The summed E-state index contributed by atoms with van der Waals surface area (Å²) < 4.78 is 0. The lowest BCUT2D eigenvalue weighted by Gasteiger charge is -2.33. The molecule has 0 unspecified atom stereocenters. The van der Waals surface area contributed by atoms with Crippen molar-refractivity contribution in [2.75, 3.05) is 13.1 Å². The van der Waals surface area contributed by atoms with E-state index in [9.17, 15) is 4.79 Å². The van der Waals surface area contributed by atoms with E-state index in [0.29, 0.717) is 26.3 Å². The van der Waals surface area contributed by atoms with Gasteiger partial charge in [0.2, 0.25) is 0 Å². The molecule has 1 heterocycles. The van der Waals surface area contributed by atoms with Crippen LogP contribution in [0.4, 0.5) is 4.79 Å². The summed E-state index contributed by atoms with van der Waals surface area (Å²) in [6.45, 7) is 1.91. The molecular weight excluding hydrogens is 292 g/mol. The molecule has 5 nitrogen and oxygen atoms in total. The van der Waals surface area contributed by atoms with E-state index in [0.717, 1.165) is 17.5 Å². The van der Waals surface area contributed by atoms with Crippen molar-refractivity contribution >= 4 is 6.03 Å². The summed E-state index contributed by atoms with van der Waals surface area (Å²) >= 11 is 0. The Balaban J connectivity index is 1.51. The van der Waals surface area contributed by atoms with Crippen molar-refractivity contribution in [1.29, 1.82) is 0 Å². The molecule has 23 heavy (non-hydrogen) atoms. The molecule has 1 saturated heterocycles. The van der Waals surface area contributed by atoms with Crippen LogP contribution in [0.1, 0.15) is 17.5 Å². The lowest BCUT2D eigenvalue weighted by Crippen LogP contribution is -2.48. The van der Waals surface area contributed by atoms with Crippen molar-refractivity contribution < 1.29 is 14.5 Å². The Bertz CT molecular complexity index is 565. The SMILES string of the molecule is O=C1N(OCc2ccccc2)CCCN1OCc1ccccc1. The summed E-state index contributed by atoms with van der Waals surface area (Å²) in [7, 11) is 0. The Labute approximate surface area is 135 Å². The molecule has 0 aromatic heterocycles. The van der Waals surface area contributed by atoms with Crippen molar-refractivity contribution in [1.82, 2.24) is 10.1 Å². The Hall–Kier alpha value is -2.37. The zero-order valence-electron chi connectivity index (χ0n) is 12.9. The zero-order chi connectivity index (χ0) is 15.9. The average Bonchev–Trinajstić information content (AvgIpc) is 2.61. The van der Waals surface area contributed by atoms with Gasteiger partial charge in [0, 0.05) is 0 Å². The minimum atomic E-state index is -0.247. The largest absolute Gasteiger partial charge is 0.367 e. The highest BCUT2D eigenvalue weighted by Crippen LogP contribution is 2.14. The second kappa shape index (κ2) is 7.76. The first-order valence-electron chi connectivity index (χ1n) is 7.75. The molecule has 2 aromatic carbocycles. The molecule has 2 aromatic rings. The number of carbonyl (C=O) groups excluding carboxylic acids is 1. The van der Waals surface area contributed by atoms with E-state index in [-0.39, 0.29) is 6.03 Å². The molecule has 0 atom stereocenters. The lowest BCUT2D eigenvalue weighted by atomic mass is 10.2. The second-order valence-electron chi connectivity index (χ2n) is 5.36. The lowest BCUT2D eigenvalue weighted by molar-refractivity contribution is -0.208. The molecule has 5 heteroatoms. The summed E-state index contributed by atoms with van der Waals surface area (Å²) in [5, 5.41) is 2.75. The Morgan fingerprint density at radius 3 is 1.61 bits per heavy atom. The monoisotopic (exact) mass is 312 g/mol. The van der Waals surface area contributed by atoms with Crippen LogP contribution < -0.4 is 0 Å². The fourth-order valence-corrected chi connectivity index (χ4v) is 2.37. The maximum Gasteiger partial charge on any atom is 0.367 e. The summed E-state index contributed by atoms with van der Waals surface area (Å²) in [5.41, 5.74) is 2.06.